The number of nitrogens with zero attached hydrogens (tertiary/aromatic N) is 2. The van der Waals surface area contributed by atoms with E-state index in [2.05, 4.69) is 15.6 Å². The Balaban J connectivity index is 2.26. The van der Waals surface area contributed by atoms with Gasteiger partial charge in [0, 0.05) is 31.4 Å². The molecule has 1 amide bonds. The molecule has 0 fully saturated rings. The number of aromatic nitrogens is 2. The predicted molar refractivity (Wildman–Crippen MR) is 76.0 cm³/mol. The summed E-state index contributed by atoms with van der Waals surface area (Å²) in [4.78, 5) is 17.2. The summed E-state index contributed by atoms with van der Waals surface area (Å²) in [5.41, 5.74) is 0. The molecule has 0 aliphatic carbocycles. The largest absolute Gasteiger partial charge is 0.358 e. The zero-order chi connectivity index (χ0) is 13.8. The molecular weight excluding hydrogens is 260 g/mol. The van der Waals surface area contributed by atoms with Crippen molar-refractivity contribution in [3.05, 3.63) is 40.6 Å². The molecule has 0 aromatic carbocycles. The van der Waals surface area contributed by atoms with Gasteiger partial charge < -0.3 is 9.88 Å². The Labute approximate surface area is 116 Å². The van der Waals surface area contributed by atoms with E-state index in [0.717, 1.165) is 10.7 Å². The van der Waals surface area contributed by atoms with Crippen molar-refractivity contribution >= 4 is 17.2 Å². The van der Waals surface area contributed by atoms with Gasteiger partial charge in [-0.2, -0.15) is 0 Å². The van der Waals surface area contributed by atoms with Gasteiger partial charge in [0.25, 0.3) is 0 Å². The second-order valence-corrected chi connectivity index (χ2v) is 5.33. The minimum Gasteiger partial charge on any atom is -0.358 e. The summed E-state index contributed by atoms with van der Waals surface area (Å²) >= 11 is 1.65. The second-order valence-electron chi connectivity index (χ2n) is 4.35. The summed E-state index contributed by atoms with van der Waals surface area (Å²) in [5, 5.41) is 8.00. The Morgan fingerprint density at radius 2 is 2.32 bits per heavy atom. The minimum absolute atomic E-state index is 0.0317. The third kappa shape index (κ3) is 3.02. The number of aryl methyl sites for hydroxylation is 1. The molecular formula is C13H18N4OS. The lowest BCUT2D eigenvalue weighted by Gasteiger charge is -2.21. The molecule has 0 radical (unpaired) electrons. The maximum absolute atomic E-state index is 11.7. The fourth-order valence-electron chi connectivity index (χ4n) is 1.94. The molecule has 5 nitrogen and oxygen atoms in total. The molecule has 19 heavy (non-hydrogen) atoms. The van der Waals surface area contributed by atoms with Gasteiger partial charge in [0.1, 0.15) is 11.9 Å². The van der Waals surface area contributed by atoms with Crippen LogP contribution in [0.5, 0.6) is 0 Å². The van der Waals surface area contributed by atoms with Crippen LogP contribution in [0.1, 0.15) is 23.7 Å². The van der Waals surface area contributed by atoms with Gasteiger partial charge in [-0.1, -0.05) is 6.07 Å². The van der Waals surface area contributed by atoms with Crippen molar-refractivity contribution in [2.45, 2.75) is 19.0 Å². The van der Waals surface area contributed by atoms with Crippen molar-refractivity contribution < 1.29 is 4.79 Å². The van der Waals surface area contributed by atoms with Crippen LogP contribution in [0.2, 0.25) is 0 Å². The Kier molecular flexibility index (Phi) is 4.34. The number of rotatable bonds is 5. The second kappa shape index (κ2) is 5.99. The molecule has 2 unspecified atom stereocenters. The van der Waals surface area contributed by atoms with Gasteiger partial charge in [0.05, 0.1) is 6.04 Å². The topological polar surface area (TPSA) is 59.0 Å². The van der Waals surface area contributed by atoms with Crippen molar-refractivity contribution in [3.63, 3.8) is 0 Å². The first-order valence-electron chi connectivity index (χ1n) is 6.11. The third-order valence-electron chi connectivity index (χ3n) is 3.00. The lowest BCUT2D eigenvalue weighted by atomic mass is 10.2. The summed E-state index contributed by atoms with van der Waals surface area (Å²) in [6, 6.07) is 3.69. The number of carbonyl (C=O) groups is 1. The maximum atomic E-state index is 11.7. The lowest BCUT2D eigenvalue weighted by molar-refractivity contribution is -0.122. The SMILES string of the molecule is CNC(=O)C(C)NC(c1cccs1)c1nccn1C. The van der Waals surface area contributed by atoms with Crippen LogP contribution in [0.4, 0.5) is 0 Å². The van der Waals surface area contributed by atoms with E-state index in [-0.39, 0.29) is 18.0 Å². The van der Waals surface area contributed by atoms with Crippen LogP contribution in [0.25, 0.3) is 0 Å². The first-order chi connectivity index (χ1) is 9.13. The maximum Gasteiger partial charge on any atom is 0.236 e. The molecule has 0 bridgehead atoms. The number of imidazole rings is 1. The summed E-state index contributed by atoms with van der Waals surface area (Å²) < 4.78 is 1.97. The fourth-order valence-corrected chi connectivity index (χ4v) is 2.72. The smallest absolute Gasteiger partial charge is 0.236 e. The molecule has 0 saturated heterocycles. The molecule has 2 heterocycles. The van der Waals surface area contributed by atoms with E-state index >= 15 is 0 Å². The molecule has 0 aliphatic rings. The number of likely N-dealkylation sites (N-methyl/N-ethyl adjacent to an activating group) is 1. The lowest BCUT2D eigenvalue weighted by Crippen LogP contribution is -2.43. The van der Waals surface area contributed by atoms with Crippen molar-refractivity contribution in [1.82, 2.24) is 20.2 Å². The highest BCUT2D eigenvalue weighted by molar-refractivity contribution is 7.10. The molecule has 2 atom stereocenters. The average Bonchev–Trinajstić information content (AvgIpc) is 3.06. The van der Waals surface area contributed by atoms with E-state index < -0.39 is 0 Å². The van der Waals surface area contributed by atoms with Crippen molar-refractivity contribution in [3.8, 4) is 0 Å². The molecule has 102 valence electrons. The van der Waals surface area contributed by atoms with Crippen molar-refractivity contribution in [2.75, 3.05) is 7.05 Å². The van der Waals surface area contributed by atoms with Gasteiger partial charge >= 0.3 is 0 Å². The van der Waals surface area contributed by atoms with E-state index in [4.69, 9.17) is 0 Å². The van der Waals surface area contributed by atoms with Gasteiger partial charge in [0.2, 0.25) is 5.91 Å². The van der Waals surface area contributed by atoms with Crippen LogP contribution in [0.15, 0.2) is 29.9 Å². The van der Waals surface area contributed by atoms with Gasteiger partial charge in [-0.05, 0) is 18.4 Å². The highest BCUT2D eigenvalue weighted by Gasteiger charge is 2.23. The van der Waals surface area contributed by atoms with Crippen LogP contribution in [0, 0.1) is 0 Å². The van der Waals surface area contributed by atoms with E-state index in [9.17, 15) is 4.79 Å². The summed E-state index contributed by atoms with van der Waals surface area (Å²) in [5.74, 6) is 0.869. The number of hydrogen-bond acceptors (Lipinski definition) is 4. The van der Waals surface area contributed by atoms with E-state index in [1.165, 1.54) is 0 Å². The number of amides is 1. The Bertz CT molecular complexity index is 535. The van der Waals surface area contributed by atoms with Crippen LogP contribution in [-0.4, -0.2) is 28.5 Å². The van der Waals surface area contributed by atoms with Crippen LogP contribution >= 0.6 is 11.3 Å². The highest BCUT2D eigenvalue weighted by atomic mass is 32.1. The minimum atomic E-state index is -0.284. The van der Waals surface area contributed by atoms with Gasteiger partial charge in [-0.25, -0.2) is 4.98 Å². The molecule has 2 N–H and O–H groups in total. The van der Waals surface area contributed by atoms with Crippen LogP contribution < -0.4 is 10.6 Å². The van der Waals surface area contributed by atoms with Crippen LogP contribution in [0.3, 0.4) is 0 Å². The monoisotopic (exact) mass is 278 g/mol. The Morgan fingerprint density at radius 3 is 2.84 bits per heavy atom. The normalized spacial score (nSPS) is 14.1. The molecule has 2 aromatic rings. The van der Waals surface area contributed by atoms with Gasteiger partial charge in [-0.15, -0.1) is 11.3 Å². The molecule has 6 heteroatoms. The van der Waals surface area contributed by atoms with E-state index in [0.29, 0.717) is 0 Å². The third-order valence-corrected chi connectivity index (χ3v) is 3.94. The molecule has 0 spiro atoms. The fraction of sp³-hybridized carbons (Fsp3) is 0.385. The molecule has 2 aromatic heterocycles. The Hall–Kier alpha value is -1.66. The van der Waals surface area contributed by atoms with E-state index in [1.807, 2.05) is 42.2 Å². The van der Waals surface area contributed by atoms with E-state index in [1.54, 1.807) is 24.6 Å². The predicted octanol–water partition coefficient (Wildman–Crippen LogP) is 1.30. The molecule has 2 rings (SSSR count). The quantitative estimate of drug-likeness (QED) is 0.866. The summed E-state index contributed by atoms with van der Waals surface area (Å²) in [7, 11) is 3.59. The number of thiophene rings is 1. The van der Waals surface area contributed by atoms with Crippen molar-refractivity contribution in [1.29, 1.82) is 0 Å². The first-order valence-corrected chi connectivity index (χ1v) is 6.99. The van der Waals surface area contributed by atoms with Gasteiger partial charge in [0.15, 0.2) is 0 Å². The summed E-state index contributed by atoms with van der Waals surface area (Å²) in [6.45, 7) is 1.85. The van der Waals surface area contributed by atoms with Gasteiger partial charge in [-0.3, -0.25) is 10.1 Å². The zero-order valence-electron chi connectivity index (χ0n) is 11.3. The number of nitrogens with one attached hydrogen (secondary N) is 2. The number of hydrogen-bond donors (Lipinski definition) is 2. The Morgan fingerprint density at radius 1 is 1.53 bits per heavy atom. The average molecular weight is 278 g/mol. The molecule has 0 saturated carbocycles. The zero-order valence-corrected chi connectivity index (χ0v) is 12.1. The van der Waals surface area contributed by atoms with Crippen LogP contribution in [-0.2, 0) is 11.8 Å². The van der Waals surface area contributed by atoms with Crippen molar-refractivity contribution in [2.24, 2.45) is 7.05 Å². The number of carbonyl (C=O) groups excluding carboxylic acids is 1. The highest BCUT2D eigenvalue weighted by Crippen LogP contribution is 2.25. The summed E-state index contributed by atoms with van der Waals surface area (Å²) in [6.07, 6.45) is 3.67. The molecule has 0 aliphatic heterocycles. The first kappa shape index (κ1) is 13.8. The standard InChI is InChI=1S/C13H18N4OS/c1-9(13(18)14-2)16-11(10-5-4-8-19-10)12-15-6-7-17(12)3/h4-9,11,16H,1-3H3,(H,14,18).